The summed E-state index contributed by atoms with van der Waals surface area (Å²) in [5.41, 5.74) is 2.07. The highest BCUT2D eigenvalue weighted by Crippen LogP contribution is 2.28. The van der Waals surface area contributed by atoms with E-state index in [0.717, 1.165) is 11.4 Å². The molecule has 1 atom stereocenters. The summed E-state index contributed by atoms with van der Waals surface area (Å²) in [6, 6.07) is 21.2. The molecule has 0 radical (unpaired) electrons. The summed E-state index contributed by atoms with van der Waals surface area (Å²) in [7, 11) is 0. The smallest absolute Gasteiger partial charge is 0.256 e. The van der Waals surface area contributed by atoms with Gasteiger partial charge in [0.1, 0.15) is 11.8 Å². The van der Waals surface area contributed by atoms with Crippen molar-refractivity contribution in [1.29, 1.82) is 0 Å². The Kier molecular flexibility index (Phi) is 6.95. The minimum atomic E-state index is -0.734. The van der Waals surface area contributed by atoms with Crippen molar-refractivity contribution in [3.63, 3.8) is 0 Å². The van der Waals surface area contributed by atoms with Crippen molar-refractivity contribution in [1.82, 2.24) is 9.88 Å². The third-order valence-corrected chi connectivity index (χ3v) is 5.64. The van der Waals surface area contributed by atoms with Crippen molar-refractivity contribution < 1.29 is 14.3 Å². The fourth-order valence-electron chi connectivity index (χ4n) is 3.68. The van der Waals surface area contributed by atoms with Gasteiger partial charge < -0.3 is 15.0 Å². The van der Waals surface area contributed by atoms with E-state index in [1.165, 1.54) is 4.90 Å². The Balaban J connectivity index is 1.54. The highest BCUT2D eigenvalue weighted by Gasteiger charge is 2.44. The third-order valence-electron chi connectivity index (χ3n) is 5.22. The standard InChI is InChI=1S/C25H24N4O3S/c1-2-32-21-13-11-18(12-14-21)27-23(30)16-22-24(31)29(20-9-4-3-5-10-20)25(33)28(22)17-19-8-6-7-15-26-19/h3-15,22H,2,16-17H2,1H3,(H,27,30)/t22-/m1/s1. The van der Waals surface area contributed by atoms with E-state index in [-0.39, 0.29) is 18.2 Å². The molecule has 3 aromatic rings. The van der Waals surface area contributed by atoms with Gasteiger partial charge in [0.15, 0.2) is 5.11 Å². The van der Waals surface area contributed by atoms with Crippen LogP contribution >= 0.6 is 12.2 Å². The van der Waals surface area contributed by atoms with Crippen LogP contribution < -0.4 is 15.0 Å². The number of benzene rings is 2. The molecule has 2 heterocycles. The van der Waals surface area contributed by atoms with E-state index in [1.807, 2.05) is 55.5 Å². The van der Waals surface area contributed by atoms with Crippen molar-refractivity contribution in [2.75, 3.05) is 16.8 Å². The first-order chi connectivity index (χ1) is 16.1. The van der Waals surface area contributed by atoms with Gasteiger partial charge in [-0.05, 0) is 67.7 Å². The van der Waals surface area contributed by atoms with E-state index in [9.17, 15) is 9.59 Å². The first-order valence-electron chi connectivity index (χ1n) is 10.7. The predicted molar refractivity (Wildman–Crippen MR) is 131 cm³/mol. The third kappa shape index (κ3) is 5.18. The summed E-state index contributed by atoms with van der Waals surface area (Å²) >= 11 is 5.68. The Hall–Kier alpha value is -3.78. The molecule has 1 saturated heterocycles. The molecule has 0 unspecified atom stereocenters. The minimum Gasteiger partial charge on any atom is -0.494 e. The Morgan fingerprint density at radius 2 is 1.79 bits per heavy atom. The van der Waals surface area contributed by atoms with Crippen LogP contribution in [0, 0.1) is 0 Å². The molecule has 168 valence electrons. The van der Waals surface area contributed by atoms with Crippen molar-refractivity contribution >= 4 is 40.5 Å². The van der Waals surface area contributed by atoms with Crippen molar-refractivity contribution in [2.24, 2.45) is 0 Å². The molecule has 1 fully saturated rings. The number of hydrogen-bond acceptors (Lipinski definition) is 5. The van der Waals surface area contributed by atoms with Gasteiger partial charge in [-0.15, -0.1) is 0 Å². The zero-order valence-corrected chi connectivity index (χ0v) is 19.0. The van der Waals surface area contributed by atoms with Gasteiger partial charge in [0, 0.05) is 11.9 Å². The number of aromatic nitrogens is 1. The molecule has 1 aliphatic rings. The van der Waals surface area contributed by atoms with Crippen LogP contribution in [0.15, 0.2) is 79.0 Å². The maximum atomic E-state index is 13.4. The number of para-hydroxylation sites is 1. The molecule has 1 aromatic heterocycles. The Morgan fingerprint density at radius 1 is 1.06 bits per heavy atom. The Bertz CT molecular complexity index is 1120. The van der Waals surface area contributed by atoms with E-state index in [0.29, 0.717) is 29.6 Å². The molecular weight excluding hydrogens is 436 g/mol. The number of ether oxygens (including phenoxy) is 1. The minimum absolute atomic E-state index is 0.0393. The van der Waals surface area contributed by atoms with Crippen LogP contribution in [0.1, 0.15) is 19.0 Å². The van der Waals surface area contributed by atoms with Gasteiger partial charge in [-0.3, -0.25) is 19.5 Å². The summed E-state index contributed by atoms with van der Waals surface area (Å²) < 4.78 is 5.43. The number of hydrogen-bond donors (Lipinski definition) is 1. The van der Waals surface area contributed by atoms with Crippen molar-refractivity contribution in [3.05, 3.63) is 84.7 Å². The topological polar surface area (TPSA) is 74.8 Å². The van der Waals surface area contributed by atoms with Gasteiger partial charge in [-0.2, -0.15) is 0 Å². The lowest BCUT2D eigenvalue weighted by atomic mass is 10.1. The lowest BCUT2D eigenvalue weighted by Crippen LogP contribution is -2.37. The predicted octanol–water partition coefficient (Wildman–Crippen LogP) is 4.01. The highest BCUT2D eigenvalue weighted by molar-refractivity contribution is 7.80. The molecule has 33 heavy (non-hydrogen) atoms. The average molecular weight is 461 g/mol. The normalized spacial score (nSPS) is 15.6. The zero-order chi connectivity index (χ0) is 23.2. The summed E-state index contributed by atoms with van der Waals surface area (Å²) in [5, 5.41) is 3.22. The lowest BCUT2D eigenvalue weighted by molar-refractivity contribution is -0.124. The van der Waals surface area contributed by atoms with Crippen molar-refractivity contribution in [2.45, 2.75) is 25.9 Å². The zero-order valence-electron chi connectivity index (χ0n) is 18.2. The van der Waals surface area contributed by atoms with Crippen LogP contribution in [0.25, 0.3) is 0 Å². The summed E-state index contributed by atoms with van der Waals surface area (Å²) in [4.78, 5) is 33.9. The van der Waals surface area contributed by atoms with Crippen LogP contribution in [0.3, 0.4) is 0 Å². The molecule has 2 aromatic carbocycles. The second-order valence-electron chi connectivity index (χ2n) is 7.47. The fraction of sp³-hybridized carbons (Fsp3) is 0.200. The summed E-state index contributed by atoms with van der Waals surface area (Å²) in [6.45, 7) is 2.81. The molecule has 0 bridgehead atoms. The number of thiocarbonyl (C=S) groups is 1. The quantitative estimate of drug-likeness (QED) is 0.512. The SMILES string of the molecule is CCOc1ccc(NC(=O)C[C@@H]2C(=O)N(c3ccccc3)C(=S)N2Cc2ccccn2)cc1. The molecule has 2 amide bonds. The molecule has 0 spiro atoms. The molecule has 1 N–H and O–H groups in total. The van der Waals surface area contributed by atoms with E-state index in [1.54, 1.807) is 35.4 Å². The van der Waals surface area contributed by atoms with Gasteiger partial charge in [-0.25, -0.2) is 0 Å². The summed E-state index contributed by atoms with van der Waals surface area (Å²) in [5.74, 6) is 0.220. The number of rotatable bonds is 8. The Labute approximate surface area is 198 Å². The maximum Gasteiger partial charge on any atom is 0.256 e. The average Bonchev–Trinajstić information content (AvgIpc) is 3.05. The van der Waals surface area contributed by atoms with Crippen LogP contribution in [0.4, 0.5) is 11.4 Å². The van der Waals surface area contributed by atoms with Crippen LogP contribution in [0.5, 0.6) is 5.75 Å². The molecule has 4 rings (SSSR count). The number of carbonyl (C=O) groups excluding carboxylic acids is 2. The number of nitrogens with zero attached hydrogens (tertiary/aromatic N) is 3. The molecule has 0 aliphatic carbocycles. The number of carbonyl (C=O) groups is 2. The second-order valence-corrected chi connectivity index (χ2v) is 7.83. The largest absolute Gasteiger partial charge is 0.494 e. The van der Waals surface area contributed by atoms with Gasteiger partial charge in [0.05, 0.1) is 31.0 Å². The molecule has 1 aliphatic heterocycles. The van der Waals surface area contributed by atoms with Gasteiger partial charge >= 0.3 is 0 Å². The number of amides is 2. The molecule has 8 heteroatoms. The molecular formula is C25H24N4O3S. The van der Waals surface area contributed by atoms with Gasteiger partial charge in [0.25, 0.3) is 5.91 Å². The van der Waals surface area contributed by atoms with Crippen LogP contribution in [-0.4, -0.2) is 39.5 Å². The van der Waals surface area contributed by atoms with E-state index < -0.39 is 6.04 Å². The lowest BCUT2D eigenvalue weighted by Gasteiger charge is -2.23. The highest BCUT2D eigenvalue weighted by atomic mass is 32.1. The van der Waals surface area contributed by atoms with Crippen LogP contribution in [-0.2, 0) is 16.1 Å². The van der Waals surface area contributed by atoms with E-state index in [4.69, 9.17) is 17.0 Å². The van der Waals surface area contributed by atoms with Gasteiger partial charge in [-0.1, -0.05) is 24.3 Å². The first kappa shape index (κ1) is 22.4. The monoisotopic (exact) mass is 460 g/mol. The number of anilines is 2. The fourth-order valence-corrected chi connectivity index (χ4v) is 4.07. The summed E-state index contributed by atoms with van der Waals surface area (Å²) in [6.07, 6.45) is 1.65. The van der Waals surface area contributed by atoms with Crippen molar-refractivity contribution in [3.8, 4) is 5.75 Å². The number of pyridine rings is 1. The van der Waals surface area contributed by atoms with Gasteiger partial charge in [0.2, 0.25) is 5.91 Å². The molecule has 7 nitrogen and oxygen atoms in total. The second kappa shape index (κ2) is 10.2. The molecule has 0 saturated carbocycles. The van der Waals surface area contributed by atoms with Crippen LogP contribution in [0.2, 0.25) is 0 Å². The first-order valence-corrected chi connectivity index (χ1v) is 11.1. The number of nitrogens with one attached hydrogen (secondary N) is 1. The van der Waals surface area contributed by atoms with E-state index >= 15 is 0 Å². The van der Waals surface area contributed by atoms with E-state index in [2.05, 4.69) is 10.3 Å². The maximum absolute atomic E-state index is 13.4. The Morgan fingerprint density at radius 3 is 2.45 bits per heavy atom.